The van der Waals surface area contributed by atoms with E-state index in [1.54, 1.807) is 0 Å². The lowest BCUT2D eigenvalue weighted by Crippen LogP contribution is -2.54. The highest BCUT2D eigenvalue weighted by Gasteiger charge is 2.37. The number of nitrogens with zero attached hydrogens (tertiary/aromatic N) is 2. The third kappa shape index (κ3) is 4.68. The van der Waals surface area contributed by atoms with Gasteiger partial charge in [-0.1, -0.05) is 5.16 Å². The number of amides is 1. The molecule has 0 aromatic carbocycles. The number of hydrogen-bond donors (Lipinski definition) is 4. The van der Waals surface area contributed by atoms with Crippen molar-refractivity contribution in [2.45, 2.75) is 19.1 Å². The Bertz CT molecular complexity index is 573. The van der Waals surface area contributed by atoms with E-state index >= 15 is 0 Å². The molecular formula is C13H19N5O5. The van der Waals surface area contributed by atoms with Gasteiger partial charge >= 0.3 is 5.97 Å². The van der Waals surface area contributed by atoms with E-state index < -0.39 is 17.6 Å². The summed E-state index contributed by atoms with van der Waals surface area (Å²) in [7, 11) is 0. The fourth-order valence-corrected chi connectivity index (χ4v) is 1.83. The standard InChI is InChI=1S/C13H19N5O5/c1-13(11(20)21,18-10(19)9-3-5-17-23-9)22-8-2-4-14-12-15-6-7-16-12/h3,5H,2,4,6-8H2,1H3,(H,18,19)(H,20,21)(H2,14,15,16). The van der Waals surface area contributed by atoms with Crippen LogP contribution in [0.4, 0.5) is 0 Å². The fourth-order valence-electron chi connectivity index (χ4n) is 1.83. The van der Waals surface area contributed by atoms with Crippen LogP contribution in [0, 0.1) is 0 Å². The number of guanidine groups is 1. The van der Waals surface area contributed by atoms with Gasteiger partial charge in [-0.15, -0.1) is 0 Å². The number of nitrogens with one attached hydrogen (secondary N) is 3. The molecule has 23 heavy (non-hydrogen) atoms. The first-order valence-electron chi connectivity index (χ1n) is 7.14. The SMILES string of the molecule is CC(NC(=O)c1ccno1)(OCCCNC1=NCCN1)C(=O)O. The molecule has 1 unspecified atom stereocenters. The summed E-state index contributed by atoms with van der Waals surface area (Å²) >= 11 is 0. The number of carbonyl (C=O) groups excluding carboxylic acids is 1. The molecule has 0 saturated carbocycles. The van der Waals surface area contributed by atoms with Crippen LogP contribution < -0.4 is 16.0 Å². The van der Waals surface area contributed by atoms with Crippen LogP contribution in [0.5, 0.6) is 0 Å². The van der Waals surface area contributed by atoms with Crippen LogP contribution in [0.25, 0.3) is 0 Å². The molecule has 1 amide bonds. The van der Waals surface area contributed by atoms with E-state index in [1.807, 2.05) is 0 Å². The summed E-state index contributed by atoms with van der Waals surface area (Å²) in [4.78, 5) is 27.4. The van der Waals surface area contributed by atoms with Gasteiger partial charge in [0.15, 0.2) is 5.96 Å². The molecule has 0 spiro atoms. The summed E-state index contributed by atoms with van der Waals surface area (Å²) < 4.78 is 10.0. The van der Waals surface area contributed by atoms with Gasteiger partial charge in [0.25, 0.3) is 5.91 Å². The van der Waals surface area contributed by atoms with Crippen LogP contribution >= 0.6 is 0 Å². The molecule has 10 nitrogen and oxygen atoms in total. The number of carboxylic acid groups (broad SMARTS) is 1. The zero-order valence-electron chi connectivity index (χ0n) is 12.7. The molecule has 0 bridgehead atoms. The molecule has 0 radical (unpaired) electrons. The first-order valence-corrected chi connectivity index (χ1v) is 7.14. The molecule has 1 aromatic rings. The van der Waals surface area contributed by atoms with Crippen molar-refractivity contribution < 1.29 is 24.0 Å². The van der Waals surface area contributed by atoms with Crippen molar-refractivity contribution in [1.82, 2.24) is 21.1 Å². The van der Waals surface area contributed by atoms with Gasteiger partial charge in [0.05, 0.1) is 19.3 Å². The number of carbonyl (C=O) groups is 2. The average molecular weight is 325 g/mol. The quantitative estimate of drug-likeness (QED) is 0.358. The topological polar surface area (TPSA) is 138 Å². The highest BCUT2D eigenvalue weighted by Crippen LogP contribution is 2.09. The van der Waals surface area contributed by atoms with Crippen LogP contribution in [0.2, 0.25) is 0 Å². The minimum Gasteiger partial charge on any atom is -0.478 e. The van der Waals surface area contributed by atoms with Crippen molar-refractivity contribution in [2.24, 2.45) is 4.99 Å². The van der Waals surface area contributed by atoms with E-state index in [0.717, 1.165) is 19.0 Å². The van der Waals surface area contributed by atoms with Crippen molar-refractivity contribution in [3.63, 3.8) is 0 Å². The molecule has 126 valence electrons. The molecule has 0 aliphatic carbocycles. The highest BCUT2D eigenvalue weighted by molar-refractivity contribution is 5.94. The molecule has 2 rings (SSSR count). The largest absolute Gasteiger partial charge is 0.478 e. The predicted octanol–water partition coefficient (Wildman–Crippen LogP) is -0.839. The molecule has 1 aromatic heterocycles. The van der Waals surface area contributed by atoms with E-state index in [4.69, 9.17) is 4.74 Å². The van der Waals surface area contributed by atoms with Crippen LogP contribution in [0.3, 0.4) is 0 Å². The normalized spacial score (nSPS) is 16.1. The van der Waals surface area contributed by atoms with Crippen molar-refractivity contribution in [3.8, 4) is 0 Å². The Labute approximate surface area is 132 Å². The number of aliphatic imine (C=N–C) groups is 1. The molecule has 1 aliphatic rings. The Hall–Kier alpha value is -2.62. The van der Waals surface area contributed by atoms with Gasteiger partial charge in [0.1, 0.15) is 0 Å². The van der Waals surface area contributed by atoms with Gasteiger partial charge in [0, 0.05) is 19.2 Å². The molecule has 0 fully saturated rings. The zero-order valence-corrected chi connectivity index (χ0v) is 12.7. The maximum atomic E-state index is 11.9. The number of rotatable bonds is 8. The van der Waals surface area contributed by atoms with Gasteiger partial charge in [-0.05, 0) is 13.3 Å². The Morgan fingerprint density at radius 2 is 2.39 bits per heavy atom. The van der Waals surface area contributed by atoms with Crippen LogP contribution in [0.15, 0.2) is 21.8 Å². The first kappa shape index (κ1) is 16.7. The summed E-state index contributed by atoms with van der Waals surface area (Å²) in [5.74, 6) is -1.38. The summed E-state index contributed by atoms with van der Waals surface area (Å²) in [5, 5.41) is 21.1. The summed E-state index contributed by atoms with van der Waals surface area (Å²) in [6.07, 6.45) is 1.83. The van der Waals surface area contributed by atoms with Crippen molar-refractivity contribution in [2.75, 3.05) is 26.2 Å². The summed E-state index contributed by atoms with van der Waals surface area (Å²) in [6, 6.07) is 1.33. The Morgan fingerprint density at radius 3 is 3.00 bits per heavy atom. The third-order valence-electron chi connectivity index (χ3n) is 3.10. The van der Waals surface area contributed by atoms with Crippen LogP contribution in [-0.2, 0) is 9.53 Å². The number of aliphatic carboxylic acids is 1. The van der Waals surface area contributed by atoms with Crippen molar-refractivity contribution in [3.05, 3.63) is 18.0 Å². The van der Waals surface area contributed by atoms with E-state index in [1.165, 1.54) is 19.2 Å². The monoisotopic (exact) mass is 325 g/mol. The number of ether oxygens (including phenoxy) is 1. The van der Waals surface area contributed by atoms with Gasteiger partial charge in [-0.3, -0.25) is 9.79 Å². The third-order valence-corrected chi connectivity index (χ3v) is 3.10. The number of aromatic nitrogens is 1. The zero-order chi connectivity index (χ0) is 16.7. The van der Waals surface area contributed by atoms with Crippen LogP contribution in [0.1, 0.15) is 23.9 Å². The fraction of sp³-hybridized carbons (Fsp3) is 0.538. The number of carboxylic acids is 1. The second-order valence-electron chi connectivity index (χ2n) is 4.96. The minimum absolute atomic E-state index is 0.0898. The molecule has 2 heterocycles. The van der Waals surface area contributed by atoms with E-state index in [0.29, 0.717) is 13.0 Å². The van der Waals surface area contributed by atoms with Crippen molar-refractivity contribution >= 4 is 17.8 Å². The minimum atomic E-state index is -1.85. The Morgan fingerprint density at radius 1 is 1.57 bits per heavy atom. The van der Waals surface area contributed by atoms with E-state index in [2.05, 4.69) is 30.6 Å². The molecule has 10 heteroatoms. The molecular weight excluding hydrogens is 306 g/mol. The van der Waals surface area contributed by atoms with Gasteiger partial charge < -0.3 is 30.3 Å². The van der Waals surface area contributed by atoms with Gasteiger partial charge in [-0.2, -0.15) is 0 Å². The molecule has 4 N–H and O–H groups in total. The highest BCUT2D eigenvalue weighted by atomic mass is 16.5. The van der Waals surface area contributed by atoms with Gasteiger partial charge in [0.2, 0.25) is 11.5 Å². The molecule has 0 saturated heterocycles. The maximum Gasteiger partial charge on any atom is 0.357 e. The second kappa shape index (κ2) is 7.58. The predicted molar refractivity (Wildman–Crippen MR) is 78.9 cm³/mol. The molecule has 1 atom stereocenters. The maximum absolute atomic E-state index is 11.9. The average Bonchev–Trinajstić information content (AvgIpc) is 3.20. The summed E-state index contributed by atoms with van der Waals surface area (Å²) in [5.41, 5.74) is -1.85. The summed E-state index contributed by atoms with van der Waals surface area (Å²) in [6.45, 7) is 3.52. The van der Waals surface area contributed by atoms with Crippen LogP contribution in [-0.4, -0.2) is 60.1 Å². The Kier molecular flexibility index (Phi) is 5.52. The smallest absolute Gasteiger partial charge is 0.357 e. The van der Waals surface area contributed by atoms with Crippen molar-refractivity contribution in [1.29, 1.82) is 0 Å². The number of hydrogen-bond acceptors (Lipinski definition) is 8. The molecule has 1 aliphatic heterocycles. The van der Waals surface area contributed by atoms with E-state index in [-0.39, 0.29) is 12.4 Å². The first-order chi connectivity index (χ1) is 11.0. The lowest BCUT2D eigenvalue weighted by molar-refractivity contribution is -0.166. The lowest BCUT2D eigenvalue weighted by atomic mass is 10.2. The lowest BCUT2D eigenvalue weighted by Gasteiger charge is -2.26. The van der Waals surface area contributed by atoms with Gasteiger partial charge in [-0.25, -0.2) is 4.79 Å². The second-order valence-corrected chi connectivity index (χ2v) is 4.96. The Balaban J connectivity index is 1.77. The van der Waals surface area contributed by atoms with E-state index in [9.17, 15) is 14.7 Å².